The van der Waals surface area contributed by atoms with E-state index in [1.54, 1.807) is 29.3 Å². The van der Waals surface area contributed by atoms with Gasteiger partial charge in [-0.15, -0.1) is 0 Å². The summed E-state index contributed by atoms with van der Waals surface area (Å²) >= 11 is 0. The zero-order valence-electron chi connectivity index (χ0n) is 11.9. The minimum absolute atomic E-state index is 0.0947. The molecule has 0 radical (unpaired) electrons. The van der Waals surface area contributed by atoms with Crippen molar-refractivity contribution in [1.29, 1.82) is 0 Å². The van der Waals surface area contributed by atoms with Crippen LogP contribution in [0, 0.1) is 6.92 Å². The van der Waals surface area contributed by atoms with E-state index >= 15 is 0 Å². The van der Waals surface area contributed by atoms with Gasteiger partial charge in [-0.05, 0) is 37.6 Å². The number of fused-ring (bicyclic) bond motifs is 1. The van der Waals surface area contributed by atoms with Crippen molar-refractivity contribution in [3.63, 3.8) is 0 Å². The summed E-state index contributed by atoms with van der Waals surface area (Å²) in [5.41, 5.74) is 2.62. The molecule has 0 unspecified atom stereocenters. The van der Waals surface area contributed by atoms with Gasteiger partial charge in [-0.2, -0.15) is 0 Å². The van der Waals surface area contributed by atoms with E-state index in [0.717, 1.165) is 0 Å². The van der Waals surface area contributed by atoms with Gasteiger partial charge in [0.25, 0.3) is 5.91 Å². The van der Waals surface area contributed by atoms with Crippen molar-refractivity contribution < 1.29 is 9.59 Å². The first-order valence-electron chi connectivity index (χ1n) is 7.04. The van der Waals surface area contributed by atoms with Crippen molar-refractivity contribution in [3.05, 3.63) is 59.4 Å². The predicted octanol–water partition coefficient (Wildman–Crippen LogP) is 3.01. The maximum absolute atomic E-state index is 12.8. The Hall–Kier alpha value is -2.49. The third-order valence-electron chi connectivity index (χ3n) is 3.76. The minimum Gasteiger partial charge on any atom is -0.308 e. The molecule has 4 nitrogen and oxygen atoms in total. The van der Waals surface area contributed by atoms with Crippen LogP contribution in [0.15, 0.2) is 42.6 Å². The summed E-state index contributed by atoms with van der Waals surface area (Å²) in [5.74, 6) is 0.00607. The largest absolute Gasteiger partial charge is 0.308 e. The van der Waals surface area contributed by atoms with Gasteiger partial charge in [-0.1, -0.05) is 12.1 Å². The SMILES string of the molecule is Cc1ncccc1C(=O)N1CCCC(=O)c2ccccc21. The van der Waals surface area contributed by atoms with E-state index in [9.17, 15) is 9.59 Å². The third kappa shape index (κ3) is 2.44. The zero-order chi connectivity index (χ0) is 14.8. The van der Waals surface area contributed by atoms with Gasteiger partial charge in [0.2, 0.25) is 0 Å². The number of hydrogen-bond acceptors (Lipinski definition) is 3. The molecule has 0 bridgehead atoms. The van der Waals surface area contributed by atoms with Crippen LogP contribution in [0.5, 0.6) is 0 Å². The maximum Gasteiger partial charge on any atom is 0.260 e. The Morgan fingerprint density at radius 1 is 1.19 bits per heavy atom. The van der Waals surface area contributed by atoms with Crippen LogP contribution in [0.25, 0.3) is 0 Å². The molecule has 0 spiro atoms. The average Bonchev–Trinajstić information content (AvgIpc) is 2.67. The fourth-order valence-corrected chi connectivity index (χ4v) is 2.66. The van der Waals surface area contributed by atoms with E-state index in [4.69, 9.17) is 0 Å². The number of Topliss-reactive ketones (excluding diaryl/α,β-unsaturated/α-hetero) is 1. The van der Waals surface area contributed by atoms with Gasteiger partial charge in [0.05, 0.1) is 11.3 Å². The molecule has 1 aliphatic heterocycles. The number of anilines is 1. The lowest BCUT2D eigenvalue weighted by Gasteiger charge is -2.23. The van der Waals surface area contributed by atoms with Gasteiger partial charge in [0, 0.05) is 30.4 Å². The fourth-order valence-electron chi connectivity index (χ4n) is 2.66. The standard InChI is InChI=1S/C17H16N2O2/c1-12-13(7-4-10-18-12)17(21)19-11-5-9-16(20)14-6-2-3-8-15(14)19/h2-4,6-8,10H,5,9,11H2,1H3. The number of pyridine rings is 1. The number of para-hydroxylation sites is 1. The summed E-state index contributed by atoms with van der Waals surface area (Å²) in [7, 11) is 0. The molecule has 2 aromatic rings. The molecule has 1 aromatic heterocycles. The Bertz CT molecular complexity index is 709. The third-order valence-corrected chi connectivity index (χ3v) is 3.76. The molecule has 0 N–H and O–H groups in total. The number of benzene rings is 1. The quantitative estimate of drug-likeness (QED) is 0.806. The lowest BCUT2D eigenvalue weighted by atomic mass is 10.1. The minimum atomic E-state index is -0.0947. The molecule has 0 atom stereocenters. The van der Waals surface area contributed by atoms with Crippen LogP contribution in [0.2, 0.25) is 0 Å². The van der Waals surface area contributed by atoms with E-state index in [-0.39, 0.29) is 11.7 Å². The summed E-state index contributed by atoms with van der Waals surface area (Å²) in [6.07, 6.45) is 2.83. The van der Waals surface area contributed by atoms with Crippen molar-refractivity contribution in [3.8, 4) is 0 Å². The van der Waals surface area contributed by atoms with Crippen molar-refractivity contribution in [2.24, 2.45) is 0 Å². The number of aromatic nitrogens is 1. The van der Waals surface area contributed by atoms with Gasteiger partial charge in [0.1, 0.15) is 0 Å². The van der Waals surface area contributed by atoms with Crippen LogP contribution >= 0.6 is 0 Å². The Balaban J connectivity index is 2.06. The zero-order valence-corrected chi connectivity index (χ0v) is 11.9. The molecule has 1 aliphatic rings. The molecule has 21 heavy (non-hydrogen) atoms. The highest BCUT2D eigenvalue weighted by atomic mass is 16.2. The molecular weight excluding hydrogens is 264 g/mol. The highest BCUT2D eigenvalue weighted by Gasteiger charge is 2.26. The molecule has 4 heteroatoms. The van der Waals surface area contributed by atoms with Gasteiger partial charge >= 0.3 is 0 Å². The Labute approximate surface area is 123 Å². The predicted molar refractivity (Wildman–Crippen MR) is 80.7 cm³/mol. The monoisotopic (exact) mass is 280 g/mol. The van der Waals surface area contributed by atoms with Crippen LogP contribution in [0.1, 0.15) is 39.3 Å². The van der Waals surface area contributed by atoms with Crippen molar-refractivity contribution in [2.45, 2.75) is 19.8 Å². The van der Waals surface area contributed by atoms with E-state index in [1.807, 2.05) is 25.1 Å². The number of nitrogens with zero attached hydrogens (tertiary/aromatic N) is 2. The molecule has 1 aromatic carbocycles. The topological polar surface area (TPSA) is 50.3 Å². The van der Waals surface area contributed by atoms with E-state index in [1.165, 1.54) is 0 Å². The highest BCUT2D eigenvalue weighted by Crippen LogP contribution is 2.27. The molecule has 2 heterocycles. The summed E-state index contributed by atoms with van der Waals surface area (Å²) < 4.78 is 0. The number of carbonyl (C=O) groups is 2. The summed E-state index contributed by atoms with van der Waals surface area (Å²) in [4.78, 5) is 30.8. The lowest BCUT2D eigenvalue weighted by Crippen LogP contribution is -2.32. The highest BCUT2D eigenvalue weighted by molar-refractivity contribution is 6.12. The maximum atomic E-state index is 12.8. The second kappa shape index (κ2) is 5.48. The Morgan fingerprint density at radius 2 is 2.00 bits per heavy atom. The first-order valence-corrected chi connectivity index (χ1v) is 7.04. The number of amides is 1. The second-order valence-corrected chi connectivity index (χ2v) is 5.14. The van der Waals surface area contributed by atoms with Crippen molar-refractivity contribution in [2.75, 3.05) is 11.4 Å². The van der Waals surface area contributed by atoms with E-state index in [0.29, 0.717) is 41.9 Å². The summed E-state index contributed by atoms with van der Waals surface area (Å²) in [5, 5.41) is 0. The normalized spacial score (nSPS) is 14.5. The summed E-state index contributed by atoms with van der Waals surface area (Å²) in [6, 6.07) is 10.9. The number of hydrogen-bond donors (Lipinski definition) is 0. The van der Waals surface area contributed by atoms with Crippen LogP contribution in [0.3, 0.4) is 0 Å². The molecule has 0 saturated carbocycles. The fraction of sp³-hybridized carbons (Fsp3) is 0.235. The van der Waals surface area contributed by atoms with Crippen molar-refractivity contribution >= 4 is 17.4 Å². The van der Waals surface area contributed by atoms with Crippen LogP contribution < -0.4 is 4.90 Å². The van der Waals surface area contributed by atoms with E-state index < -0.39 is 0 Å². The number of ketones is 1. The van der Waals surface area contributed by atoms with E-state index in [2.05, 4.69) is 4.98 Å². The molecule has 0 fully saturated rings. The lowest BCUT2D eigenvalue weighted by molar-refractivity contribution is 0.0973. The van der Waals surface area contributed by atoms with Crippen molar-refractivity contribution in [1.82, 2.24) is 4.98 Å². The van der Waals surface area contributed by atoms with Crippen LogP contribution in [0.4, 0.5) is 5.69 Å². The molecule has 106 valence electrons. The molecular formula is C17H16N2O2. The molecule has 0 saturated heterocycles. The average molecular weight is 280 g/mol. The van der Waals surface area contributed by atoms with Gasteiger partial charge < -0.3 is 4.90 Å². The Kier molecular flexibility index (Phi) is 3.52. The smallest absolute Gasteiger partial charge is 0.260 e. The van der Waals surface area contributed by atoms with Crippen LogP contribution in [-0.2, 0) is 0 Å². The van der Waals surface area contributed by atoms with Gasteiger partial charge in [0.15, 0.2) is 5.78 Å². The number of aryl methyl sites for hydroxylation is 1. The van der Waals surface area contributed by atoms with Crippen LogP contribution in [-0.4, -0.2) is 23.2 Å². The summed E-state index contributed by atoms with van der Waals surface area (Å²) in [6.45, 7) is 2.37. The van der Waals surface area contributed by atoms with Gasteiger partial charge in [-0.3, -0.25) is 14.6 Å². The second-order valence-electron chi connectivity index (χ2n) is 5.14. The number of carbonyl (C=O) groups excluding carboxylic acids is 2. The first kappa shape index (κ1) is 13.5. The molecule has 3 rings (SSSR count). The molecule has 1 amide bonds. The Morgan fingerprint density at radius 3 is 2.81 bits per heavy atom. The first-order chi connectivity index (χ1) is 10.2. The number of rotatable bonds is 1. The molecule has 0 aliphatic carbocycles. The van der Waals surface area contributed by atoms with Gasteiger partial charge in [-0.25, -0.2) is 0 Å².